The molecule has 1 N–H and O–H groups in total. The number of halogens is 2. The molecule has 2 aromatic rings. The van der Waals surface area contributed by atoms with Crippen LogP contribution in [-0.2, 0) is 12.0 Å². The van der Waals surface area contributed by atoms with Crippen LogP contribution in [0, 0.1) is 5.82 Å². The van der Waals surface area contributed by atoms with Crippen molar-refractivity contribution < 1.29 is 9.50 Å². The molecular formula is C13H12BrFOS. The minimum Gasteiger partial charge on any atom is -0.384 e. The summed E-state index contributed by atoms with van der Waals surface area (Å²) in [6.45, 7) is 1.75. The lowest BCUT2D eigenvalue weighted by atomic mass is 9.95. The maximum Gasteiger partial charge on any atom is 0.123 e. The van der Waals surface area contributed by atoms with Gasteiger partial charge in [0.15, 0.2) is 0 Å². The van der Waals surface area contributed by atoms with Gasteiger partial charge in [-0.1, -0.05) is 22.0 Å². The van der Waals surface area contributed by atoms with E-state index in [0.717, 1.165) is 14.9 Å². The Kier molecular flexibility index (Phi) is 3.66. The van der Waals surface area contributed by atoms with Gasteiger partial charge in [0.05, 0.1) is 5.60 Å². The lowest BCUT2D eigenvalue weighted by Gasteiger charge is -2.22. The van der Waals surface area contributed by atoms with Gasteiger partial charge in [-0.3, -0.25) is 0 Å². The fourth-order valence-corrected chi connectivity index (χ4v) is 2.90. The summed E-state index contributed by atoms with van der Waals surface area (Å²) in [6.07, 6.45) is 0.381. The first-order valence-corrected chi connectivity index (χ1v) is 6.86. The molecule has 0 bridgehead atoms. The second-order valence-corrected chi connectivity index (χ2v) is 5.97. The van der Waals surface area contributed by atoms with Crippen molar-refractivity contribution in [3.8, 4) is 0 Å². The predicted octanol–water partition coefficient (Wildman–Crippen LogP) is 4.10. The highest BCUT2D eigenvalue weighted by Crippen LogP contribution is 2.31. The molecule has 0 spiro atoms. The van der Waals surface area contributed by atoms with Crippen LogP contribution >= 0.6 is 27.3 Å². The Hall–Kier alpha value is -0.710. The van der Waals surface area contributed by atoms with Crippen molar-refractivity contribution in [2.24, 2.45) is 0 Å². The molecule has 1 heterocycles. The zero-order chi connectivity index (χ0) is 12.5. The molecule has 0 aliphatic carbocycles. The van der Waals surface area contributed by atoms with Crippen molar-refractivity contribution >= 4 is 27.3 Å². The van der Waals surface area contributed by atoms with E-state index in [-0.39, 0.29) is 5.82 Å². The zero-order valence-corrected chi connectivity index (χ0v) is 11.7. The Labute approximate surface area is 112 Å². The van der Waals surface area contributed by atoms with E-state index in [1.165, 1.54) is 23.5 Å². The summed E-state index contributed by atoms with van der Waals surface area (Å²) in [6, 6.07) is 8.29. The van der Waals surface area contributed by atoms with Crippen LogP contribution in [0.15, 0.2) is 40.2 Å². The molecule has 1 nitrogen and oxygen atoms in total. The quantitative estimate of drug-likeness (QED) is 0.904. The monoisotopic (exact) mass is 314 g/mol. The molecule has 1 unspecified atom stereocenters. The largest absolute Gasteiger partial charge is 0.384 e. The van der Waals surface area contributed by atoms with Crippen LogP contribution in [0.5, 0.6) is 0 Å². The second kappa shape index (κ2) is 4.88. The molecule has 0 saturated carbocycles. The van der Waals surface area contributed by atoms with E-state index in [2.05, 4.69) is 15.9 Å². The van der Waals surface area contributed by atoms with E-state index in [1.54, 1.807) is 13.0 Å². The number of hydrogen-bond donors (Lipinski definition) is 1. The number of rotatable bonds is 3. The van der Waals surface area contributed by atoms with Gasteiger partial charge in [0.25, 0.3) is 0 Å². The summed E-state index contributed by atoms with van der Waals surface area (Å²) in [4.78, 5) is 0.883. The Bertz CT molecular complexity index is 508. The van der Waals surface area contributed by atoms with Gasteiger partial charge in [-0.2, -0.15) is 0 Å². The zero-order valence-electron chi connectivity index (χ0n) is 9.28. The average molecular weight is 315 g/mol. The molecule has 90 valence electrons. The highest BCUT2D eigenvalue weighted by Gasteiger charge is 2.25. The topological polar surface area (TPSA) is 20.2 Å². The van der Waals surface area contributed by atoms with Crippen LogP contribution in [-0.4, -0.2) is 5.11 Å². The maximum absolute atomic E-state index is 13.2. The van der Waals surface area contributed by atoms with Crippen LogP contribution in [0.3, 0.4) is 0 Å². The van der Waals surface area contributed by atoms with Crippen LogP contribution in [0.1, 0.15) is 17.4 Å². The molecule has 17 heavy (non-hydrogen) atoms. The molecule has 1 atom stereocenters. The number of aliphatic hydroxyl groups is 1. The van der Waals surface area contributed by atoms with E-state index in [9.17, 15) is 9.50 Å². The van der Waals surface area contributed by atoms with Crippen LogP contribution in [0.4, 0.5) is 4.39 Å². The minimum atomic E-state index is -0.968. The maximum atomic E-state index is 13.2. The van der Waals surface area contributed by atoms with E-state index in [1.807, 2.05) is 17.5 Å². The van der Waals surface area contributed by atoms with Gasteiger partial charge in [0.1, 0.15) is 5.82 Å². The summed E-state index contributed by atoms with van der Waals surface area (Å²) in [5.41, 5.74) is -0.201. The van der Waals surface area contributed by atoms with Gasteiger partial charge >= 0.3 is 0 Å². The Morgan fingerprint density at radius 1 is 1.41 bits per heavy atom. The number of benzene rings is 1. The van der Waals surface area contributed by atoms with Crippen LogP contribution in [0.2, 0.25) is 0 Å². The van der Waals surface area contributed by atoms with Gasteiger partial charge in [-0.25, -0.2) is 4.39 Å². The fraction of sp³-hybridized carbons (Fsp3) is 0.231. The second-order valence-electron chi connectivity index (χ2n) is 4.16. The first-order chi connectivity index (χ1) is 7.99. The van der Waals surface area contributed by atoms with Gasteiger partial charge in [0, 0.05) is 15.8 Å². The average Bonchev–Trinajstić information content (AvgIpc) is 2.77. The number of hydrogen-bond acceptors (Lipinski definition) is 2. The summed E-state index contributed by atoms with van der Waals surface area (Å²) >= 11 is 4.87. The predicted molar refractivity (Wildman–Crippen MR) is 71.7 cm³/mol. The minimum absolute atomic E-state index is 0.287. The van der Waals surface area contributed by atoms with Gasteiger partial charge in [0.2, 0.25) is 0 Å². The Morgan fingerprint density at radius 3 is 2.82 bits per heavy atom. The van der Waals surface area contributed by atoms with Crippen molar-refractivity contribution in [2.75, 3.05) is 0 Å². The summed E-state index contributed by atoms with van der Waals surface area (Å²) in [5.74, 6) is -0.287. The third kappa shape index (κ3) is 2.94. The van der Waals surface area contributed by atoms with Crippen molar-refractivity contribution in [1.29, 1.82) is 0 Å². The van der Waals surface area contributed by atoms with E-state index in [0.29, 0.717) is 6.42 Å². The molecule has 0 aliphatic heterocycles. The summed E-state index contributed by atoms with van der Waals surface area (Å²) < 4.78 is 14.0. The molecule has 2 rings (SSSR count). The molecule has 4 heteroatoms. The molecule has 0 aliphatic rings. The summed E-state index contributed by atoms with van der Waals surface area (Å²) in [5, 5.41) is 12.3. The van der Waals surface area contributed by atoms with E-state index in [4.69, 9.17) is 0 Å². The first-order valence-electron chi connectivity index (χ1n) is 5.19. The molecule has 0 saturated heterocycles. The first kappa shape index (κ1) is 12.7. The smallest absolute Gasteiger partial charge is 0.123 e. The molecule has 1 aromatic heterocycles. The van der Waals surface area contributed by atoms with E-state index < -0.39 is 5.60 Å². The van der Waals surface area contributed by atoms with Crippen molar-refractivity contribution in [2.45, 2.75) is 18.9 Å². The van der Waals surface area contributed by atoms with Gasteiger partial charge < -0.3 is 5.11 Å². The van der Waals surface area contributed by atoms with Crippen molar-refractivity contribution in [3.63, 3.8) is 0 Å². The SMILES string of the molecule is CC(O)(Cc1cc(F)ccc1Br)c1cccs1. The van der Waals surface area contributed by atoms with Gasteiger partial charge in [-0.15, -0.1) is 11.3 Å². The molecule has 0 amide bonds. The third-order valence-corrected chi connectivity index (χ3v) is 4.49. The fourth-order valence-electron chi connectivity index (χ4n) is 1.72. The Morgan fingerprint density at radius 2 is 2.18 bits per heavy atom. The third-order valence-electron chi connectivity index (χ3n) is 2.59. The molecule has 1 aromatic carbocycles. The normalized spacial score (nSPS) is 14.6. The summed E-state index contributed by atoms with van der Waals surface area (Å²) in [7, 11) is 0. The Balaban J connectivity index is 2.29. The molecule has 0 radical (unpaired) electrons. The van der Waals surface area contributed by atoms with Crippen LogP contribution < -0.4 is 0 Å². The number of thiophene rings is 1. The lowest BCUT2D eigenvalue weighted by Crippen LogP contribution is -2.23. The van der Waals surface area contributed by atoms with Crippen LogP contribution in [0.25, 0.3) is 0 Å². The van der Waals surface area contributed by atoms with Crippen molar-refractivity contribution in [3.05, 3.63) is 56.4 Å². The van der Waals surface area contributed by atoms with E-state index >= 15 is 0 Å². The molecular weight excluding hydrogens is 303 g/mol. The molecule has 0 fully saturated rings. The van der Waals surface area contributed by atoms with Crippen molar-refractivity contribution in [1.82, 2.24) is 0 Å². The standard InChI is InChI=1S/C13H12BrFOS/c1-13(16,12-3-2-6-17-12)8-9-7-10(15)4-5-11(9)14/h2-7,16H,8H2,1H3. The highest BCUT2D eigenvalue weighted by atomic mass is 79.9. The highest BCUT2D eigenvalue weighted by molar-refractivity contribution is 9.10. The van der Waals surface area contributed by atoms with Gasteiger partial charge in [-0.05, 0) is 42.1 Å². The lowest BCUT2D eigenvalue weighted by molar-refractivity contribution is 0.0613.